The molecule has 0 radical (unpaired) electrons. The van der Waals surface area contributed by atoms with Crippen LogP contribution in [-0.2, 0) is 14.8 Å². The third-order valence-corrected chi connectivity index (χ3v) is 6.34. The predicted molar refractivity (Wildman–Crippen MR) is 116 cm³/mol. The number of anilines is 2. The van der Waals surface area contributed by atoms with Crippen LogP contribution in [0, 0.1) is 0 Å². The zero-order valence-corrected chi connectivity index (χ0v) is 18.1. The molecule has 0 saturated carbocycles. The van der Waals surface area contributed by atoms with Crippen LogP contribution in [0.5, 0.6) is 5.75 Å². The third kappa shape index (κ3) is 4.36. The number of carbonyl (C=O) groups excluding carboxylic acids is 1. The fraction of sp³-hybridized carbons (Fsp3) is 0.250. The highest BCUT2D eigenvalue weighted by Crippen LogP contribution is 2.22. The van der Waals surface area contributed by atoms with Crippen molar-refractivity contribution in [3.05, 3.63) is 54.2 Å². The second-order valence-electron chi connectivity index (χ2n) is 6.97. The number of hydrogen-bond acceptors (Lipinski definition) is 8. The summed E-state index contributed by atoms with van der Waals surface area (Å²) in [7, 11) is -2.26. The van der Waals surface area contributed by atoms with Gasteiger partial charge in [0.1, 0.15) is 5.75 Å². The lowest BCUT2D eigenvalue weighted by Gasteiger charge is -2.26. The average molecular weight is 459 g/mol. The summed E-state index contributed by atoms with van der Waals surface area (Å²) in [6.07, 6.45) is 0. The number of methoxy groups -OCH3 is 1. The Hall–Kier alpha value is -3.64. The summed E-state index contributed by atoms with van der Waals surface area (Å²) in [6.45, 7) is 1.86. The fourth-order valence-corrected chi connectivity index (χ4v) is 4.25. The van der Waals surface area contributed by atoms with Gasteiger partial charge in [-0.3, -0.25) is 9.52 Å². The van der Waals surface area contributed by atoms with E-state index in [9.17, 15) is 13.2 Å². The average Bonchev–Trinajstić information content (AvgIpc) is 3.20. The van der Waals surface area contributed by atoms with Crippen molar-refractivity contribution >= 4 is 27.4 Å². The van der Waals surface area contributed by atoms with Gasteiger partial charge >= 0.3 is 0 Å². The molecule has 0 aliphatic carbocycles. The molecule has 0 bridgehead atoms. The second kappa shape index (κ2) is 8.85. The topological polar surface area (TPSA) is 142 Å². The van der Waals surface area contributed by atoms with Crippen LogP contribution in [0.4, 0.5) is 11.5 Å². The van der Waals surface area contributed by atoms with Gasteiger partial charge in [0.15, 0.2) is 11.5 Å². The SMILES string of the molecule is COc1ccc(S(=O)(=O)Nc2ccc(-n3nnc(C(=O)N4CCOCC4)c3N)cc2)cc1. The molecule has 1 aromatic heterocycles. The normalized spacial score (nSPS) is 14.2. The summed E-state index contributed by atoms with van der Waals surface area (Å²) in [4.78, 5) is 14.4. The van der Waals surface area contributed by atoms with Gasteiger partial charge in [0.2, 0.25) is 0 Å². The molecule has 1 aliphatic heterocycles. The smallest absolute Gasteiger partial charge is 0.278 e. The van der Waals surface area contributed by atoms with Gasteiger partial charge in [-0.05, 0) is 48.5 Å². The van der Waals surface area contributed by atoms with E-state index < -0.39 is 10.0 Å². The van der Waals surface area contributed by atoms with Crippen molar-refractivity contribution in [1.82, 2.24) is 19.9 Å². The highest BCUT2D eigenvalue weighted by molar-refractivity contribution is 7.92. The van der Waals surface area contributed by atoms with Gasteiger partial charge in [-0.1, -0.05) is 5.21 Å². The zero-order valence-electron chi connectivity index (χ0n) is 17.3. The number of ether oxygens (including phenoxy) is 2. The molecule has 0 spiro atoms. The third-order valence-electron chi connectivity index (χ3n) is 4.94. The Labute approximate surface area is 184 Å². The van der Waals surface area contributed by atoms with Gasteiger partial charge in [0.05, 0.1) is 30.9 Å². The van der Waals surface area contributed by atoms with Crippen LogP contribution in [0.3, 0.4) is 0 Å². The molecule has 3 aromatic rings. The quantitative estimate of drug-likeness (QED) is 0.560. The van der Waals surface area contributed by atoms with E-state index in [1.807, 2.05) is 0 Å². The lowest BCUT2D eigenvalue weighted by Crippen LogP contribution is -2.41. The first kappa shape index (κ1) is 21.6. The first-order valence-corrected chi connectivity index (χ1v) is 11.2. The van der Waals surface area contributed by atoms with Crippen molar-refractivity contribution in [3.8, 4) is 11.4 Å². The minimum Gasteiger partial charge on any atom is -0.497 e. The number of nitrogens with zero attached hydrogens (tertiary/aromatic N) is 4. The summed E-state index contributed by atoms with van der Waals surface area (Å²) >= 11 is 0. The van der Waals surface area contributed by atoms with Gasteiger partial charge in [-0.15, -0.1) is 5.10 Å². The summed E-state index contributed by atoms with van der Waals surface area (Å²) in [5.74, 6) is 0.360. The van der Waals surface area contributed by atoms with Crippen molar-refractivity contribution in [2.75, 3.05) is 43.9 Å². The lowest BCUT2D eigenvalue weighted by molar-refractivity contribution is 0.0299. The van der Waals surface area contributed by atoms with Crippen molar-refractivity contribution < 1.29 is 22.7 Å². The van der Waals surface area contributed by atoms with E-state index in [0.717, 1.165) is 0 Å². The number of hydrogen-bond donors (Lipinski definition) is 2. The van der Waals surface area contributed by atoms with Crippen LogP contribution in [0.25, 0.3) is 5.69 Å². The molecular weight excluding hydrogens is 436 g/mol. The van der Waals surface area contributed by atoms with E-state index in [1.165, 1.54) is 23.9 Å². The number of carbonyl (C=O) groups is 1. The molecular formula is C20H22N6O5S. The van der Waals surface area contributed by atoms with Crippen molar-refractivity contribution in [2.24, 2.45) is 0 Å². The number of amides is 1. The minimum absolute atomic E-state index is 0.0659. The molecule has 1 saturated heterocycles. The van der Waals surface area contributed by atoms with Gasteiger partial charge < -0.3 is 20.1 Å². The van der Waals surface area contributed by atoms with E-state index in [2.05, 4.69) is 15.0 Å². The first-order valence-electron chi connectivity index (χ1n) is 9.74. The van der Waals surface area contributed by atoms with E-state index in [1.54, 1.807) is 41.3 Å². The van der Waals surface area contributed by atoms with E-state index in [4.69, 9.17) is 15.2 Å². The van der Waals surface area contributed by atoms with Gasteiger partial charge in [-0.25, -0.2) is 8.42 Å². The highest BCUT2D eigenvalue weighted by atomic mass is 32.2. The molecule has 4 rings (SSSR count). The highest BCUT2D eigenvalue weighted by Gasteiger charge is 2.25. The lowest BCUT2D eigenvalue weighted by atomic mass is 10.3. The monoisotopic (exact) mass is 458 g/mol. The minimum atomic E-state index is -3.77. The molecule has 32 heavy (non-hydrogen) atoms. The fourth-order valence-electron chi connectivity index (χ4n) is 3.19. The van der Waals surface area contributed by atoms with Gasteiger partial charge in [0.25, 0.3) is 15.9 Å². The number of nitrogen functional groups attached to an aromatic ring is 1. The number of nitrogens with one attached hydrogen (secondary N) is 1. The molecule has 11 nitrogen and oxygen atoms in total. The maximum Gasteiger partial charge on any atom is 0.278 e. The molecule has 2 heterocycles. The molecule has 1 fully saturated rings. The summed E-state index contributed by atoms with van der Waals surface area (Å²) in [5.41, 5.74) is 7.07. The van der Waals surface area contributed by atoms with Crippen LogP contribution >= 0.6 is 0 Å². The summed E-state index contributed by atoms with van der Waals surface area (Å²) in [6, 6.07) is 12.4. The number of morpholine rings is 1. The molecule has 1 amide bonds. The predicted octanol–water partition coefficient (Wildman–Crippen LogP) is 1.13. The van der Waals surface area contributed by atoms with Gasteiger partial charge in [-0.2, -0.15) is 4.68 Å². The molecule has 168 valence electrons. The van der Waals surface area contributed by atoms with Crippen molar-refractivity contribution in [3.63, 3.8) is 0 Å². The molecule has 1 aliphatic rings. The number of aromatic nitrogens is 3. The first-order chi connectivity index (χ1) is 15.4. The molecule has 2 aromatic carbocycles. The summed E-state index contributed by atoms with van der Waals surface area (Å²) in [5, 5.41) is 7.92. The Kier molecular flexibility index (Phi) is 5.97. The van der Waals surface area contributed by atoms with Crippen LogP contribution < -0.4 is 15.2 Å². The summed E-state index contributed by atoms with van der Waals surface area (Å²) < 4.78 is 39.3. The van der Waals surface area contributed by atoms with Crippen molar-refractivity contribution in [1.29, 1.82) is 0 Å². The standard InChI is InChI=1S/C20H22N6O5S/c1-30-16-6-8-17(9-7-16)32(28,29)23-14-2-4-15(5-3-14)26-19(21)18(22-24-26)20(27)25-10-12-31-13-11-25/h2-9,23H,10-13,21H2,1H3. The van der Waals surface area contributed by atoms with Crippen LogP contribution in [0.15, 0.2) is 53.4 Å². The molecule has 12 heteroatoms. The number of nitrogens with two attached hydrogens (primary N) is 1. The molecule has 0 unspecified atom stereocenters. The van der Waals surface area contributed by atoms with E-state index in [0.29, 0.717) is 43.4 Å². The maximum atomic E-state index is 12.6. The van der Waals surface area contributed by atoms with Crippen molar-refractivity contribution in [2.45, 2.75) is 4.90 Å². The number of rotatable bonds is 6. The molecule has 3 N–H and O–H groups in total. The van der Waals surface area contributed by atoms with Gasteiger partial charge in [0, 0.05) is 18.8 Å². The van der Waals surface area contributed by atoms with E-state index >= 15 is 0 Å². The maximum absolute atomic E-state index is 12.6. The number of benzene rings is 2. The Morgan fingerprint density at radius 1 is 1.09 bits per heavy atom. The van der Waals surface area contributed by atoms with Crippen LogP contribution in [0.2, 0.25) is 0 Å². The second-order valence-corrected chi connectivity index (χ2v) is 8.65. The van der Waals surface area contributed by atoms with Crippen LogP contribution in [0.1, 0.15) is 10.5 Å². The Bertz CT molecular complexity index is 1200. The zero-order chi connectivity index (χ0) is 22.7. The number of sulfonamides is 1. The Balaban J connectivity index is 1.50. The largest absolute Gasteiger partial charge is 0.497 e. The van der Waals surface area contributed by atoms with Crippen LogP contribution in [-0.4, -0.2) is 67.6 Å². The Morgan fingerprint density at radius 2 is 1.75 bits per heavy atom. The Morgan fingerprint density at radius 3 is 2.38 bits per heavy atom. The van der Waals surface area contributed by atoms with E-state index in [-0.39, 0.29) is 22.3 Å². The molecule has 0 atom stereocenters.